The predicted octanol–water partition coefficient (Wildman–Crippen LogP) is 3.01. The van der Waals surface area contributed by atoms with Crippen molar-refractivity contribution in [3.8, 4) is 0 Å². The van der Waals surface area contributed by atoms with Crippen molar-refractivity contribution in [1.29, 1.82) is 0 Å². The number of ether oxygens (including phenoxy) is 1. The Morgan fingerprint density at radius 3 is 2.18 bits per heavy atom. The molecular weight excluding hydrogens is 210 g/mol. The number of rotatable bonds is 7. The summed E-state index contributed by atoms with van der Waals surface area (Å²) in [6.07, 6.45) is 1.10. The van der Waals surface area contributed by atoms with Gasteiger partial charge in [0.25, 0.3) is 0 Å². The molecule has 0 fully saturated rings. The fraction of sp³-hybridized carbons (Fsp3) is 0.600. The summed E-state index contributed by atoms with van der Waals surface area (Å²) in [5, 5.41) is 3.55. The highest BCUT2D eigenvalue weighted by Gasteiger charge is 2.11. The zero-order valence-corrected chi connectivity index (χ0v) is 11.5. The van der Waals surface area contributed by atoms with Gasteiger partial charge in [0, 0.05) is 19.7 Å². The molecule has 0 amide bonds. The maximum absolute atomic E-state index is 5.23. The van der Waals surface area contributed by atoms with Crippen molar-refractivity contribution in [3.63, 3.8) is 0 Å². The molecule has 1 rings (SSSR count). The van der Waals surface area contributed by atoms with Crippen molar-refractivity contribution < 1.29 is 4.74 Å². The summed E-state index contributed by atoms with van der Waals surface area (Å²) in [6, 6.07) is 9.24. The van der Waals surface area contributed by atoms with E-state index in [1.165, 1.54) is 11.1 Å². The Labute approximate surface area is 105 Å². The van der Waals surface area contributed by atoms with E-state index < -0.39 is 0 Å². The van der Waals surface area contributed by atoms with Crippen molar-refractivity contribution in [2.45, 2.75) is 39.8 Å². The molecule has 0 aliphatic carbocycles. The Morgan fingerprint density at radius 1 is 1.12 bits per heavy atom. The van der Waals surface area contributed by atoms with Crippen LogP contribution in [0.4, 0.5) is 0 Å². The minimum Gasteiger partial charge on any atom is -0.383 e. The van der Waals surface area contributed by atoms with Crippen molar-refractivity contribution in [3.05, 3.63) is 35.4 Å². The monoisotopic (exact) mass is 235 g/mol. The fourth-order valence-corrected chi connectivity index (χ4v) is 1.81. The van der Waals surface area contributed by atoms with Crippen LogP contribution in [0, 0.1) is 5.92 Å². The summed E-state index contributed by atoms with van der Waals surface area (Å²) in [6.45, 7) is 8.30. The molecule has 1 N–H and O–H groups in total. The molecule has 0 saturated carbocycles. The summed E-state index contributed by atoms with van der Waals surface area (Å²) in [4.78, 5) is 0. The molecule has 1 atom stereocenters. The van der Waals surface area contributed by atoms with Gasteiger partial charge in [-0.2, -0.15) is 0 Å². The topological polar surface area (TPSA) is 21.3 Å². The van der Waals surface area contributed by atoms with Gasteiger partial charge >= 0.3 is 0 Å². The first kappa shape index (κ1) is 14.2. The standard InChI is InChI=1S/C15H25NO/c1-5-13-6-8-14(9-7-13)10-16-15(11-17-4)12(2)3/h6-9,12,15-16H,5,10-11H2,1-4H3. The second-order valence-corrected chi connectivity index (χ2v) is 4.86. The fourth-order valence-electron chi connectivity index (χ4n) is 1.81. The molecule has 2 heteroatoms. The predicted molar refractivity (Wildman–Crippen MR) is 73.2 cm³/mol. The van der Waals surface area contributed by atoms with Gasteiger partial charge in [0.2, 0.25) is 0 Å². The second-order valence-electron chi connectivity index (χ2n) is 4.86. The summed E-state index contributed by atoms with van der Waals surface area (Å²) < 4.78 is 5.23. The Hall–Kier alpha value is -0.860. The third-order valence-corrected chi connectivity index (χ3v) is 3.15. The number of hydrogen-bond acceptors (Lipinski definition) is 2. The Balaban J connectivity index is 2.47. The summed E-state index contributed by atoms with van der Waals surface area (Å²) >= 11 is 0. The van der Waals surface area contributed by atoms with Crippen LogP contribution >= 0.6 is 0 Å². The zero-order chi connectivity index (χ0) is 12.7. The van der Waals surface area contributed by atoms with E-state index >= 15 is 0 Å². The van der Waals surface area contributed by atoms with Crippen LogP contribution in [0.5, 0.6) is 0 Å². The molecule has 1 aromatic rings. The van der Waals surface area contributed by atoms with Gasteiger partial charge in [-0.15, -0.1) is 0 Å². The lowest BCUT2D eigenvalue weighted by Crippen LogP contribution is -2.37. The van der Waals surface area contributed by atoms with Crippen molar-refractivity contribution >= 4 is 0 Å². The van der Waals surface area contributed by atoms with Gasteiger partial charge in [0.05, 0.1) is 6.61 Å². The Bertz CT molecular complexity index is 305. The van der Waals surface area contributed by atoms with Gasteiger partial charge in [-0.1, -0.05) is 45.0 Å². The lowest BCUT2D eigenvalue weighted by Gasteiger charge is -2.21. The molecule has 96 valence electrons. The first-order valence-corrected chi connectivity index (χ1v) is 6.47. The van der Waals surface area contributed by atoms with Crippen LogP contribution in [0.25, 0.3) is 0 Å². The molecule has 0 aromatic heterocycles. The van der Waals surface area contributed by atoms with Crippen LogP contribution in [0.2, 0.25) is 0 Å². The highest BCUT2D eigenvalue weighted by Crippen LogP contribution is 2.07. The maximum atomic E-state index is 5.23. The minimum atomic E-state index is 0.422. The van der Waals surface area contributed by atoms with Crippen LogP contribution in [-0.2, 0) is 17.7 Å². The van der Waals surface area contributed by atoms with E-state index in [1.807, 2.05) is 0 Å². The molecular formula is C15H25NO. The Kier molecular flexibility index (Phi) is 6.23. The minimum absolute atomic E-state index is 0.422. The first-order chi connectivity index (χ1) is 8.17. The molecule has 1 aromatic carbocycles. The van der Waals surface area contributed by atoms with Gasteiger partial charge in [-0.3, -0.25) is 0 Å². The lowest BCUT2D eigenvalue weighted by atomic mass is 10.0. The molecule has 2 nitrogen and oxygen atoms in total. The maximum Gasteiger partial charge on any atom is 0.0618 e. The van der Waals surface area contributed by atoms with E-state index in [1.54, 1.807) is 7.11 Å². The SMILES string of the molecule is CCc1ccc(CNC(COC)C(C)C)cc1. The smallest absolute Gasteiger partial charge is 0.0618 e. The number of benzene rings is 1. The van der Waals surface area contributed by atoms with E-state index in [2.05, 4.69) is 50.4 Å². The van der Waals surface area contributed by atoms with E-state index in [0.717, 1.165) is 19.6 Å². The molecule has 17 heavy (non-hydrogen) atoms. The lowest BCUT2D eigenvalue weighted by molar-refractivity contribution is 0.146. The molecule has 0 spiro atoms. The molecule has 0 saturated heterocycles. The van der Waals surface area contributed by atoms with Crippen molar-refractivity contribution in [2.75, 3.05) is 13.7 Å². The van der Waals surface area contributed by atoms with Gasteiger partial charge in [0.15, 0.2) is 0 Å². The summed E-state index contributed by atoms with van der Waals surface area (Å²) in [5.41, 5.74) is 2.73. The van der Waals surface area contributed by atoms with Gasteiger partial charge in [-0.25, -0.2) is 0 Å². The second kappa shape index (κ2) is 7.46. The molecule has 0 bridgehead atoms. The van der Waals surface area contributed by atoms with Crippen LogP contribution in [0.15, 0.2) is 24.3 Å². The molecule has 0 aliphatic rings. The molecule has 0 radical (unpaired) electrons. The average Bonchev–Trinajstić information content (AvgIpc) is 2.34. The van der Waals surface area contributed by atoms with Crippen molar-refractivity contribution in [2.24, 2.45) is 5.92 Å². The van der Waals surface area contributed by atoms with Gasteiger partial charge in [-0.05, 0) is 23.5 Å². The largest absolute Gasteiger partial charge is 0.383 e. The number of hydrogen-bond donors (Lipinski definition) is 1. The third kappa shape index (κ3) is 4.88. The normalized spacial score (nSPS) is 13.0. The highest BCUT2D eigenvalue weighted by molar-refractivity contribution is 5.22. The molecule has 0 heterocycles. The van der Waals surface area contributed by atoms with Crippen molar-refractivity contribution in [1.82, 2.24) is 5.32 Å². The number of methoxy groups -OCH3 is 1. The van der Waals surface area contributed by atoms with E-state index in [4.69, 9.17) is 4.74 Å². The summed E-state index contributed by atoms with van der Waals surface area (Å²) in [7, 11) is 1.76. The number of aryl methyl sites for hydroxylation is 1. The quantitative estimate of drug-likeness (QED) is 0.784. The van der Waals surface area contributed by atoms with E-state index in [-0.39, 0.29) is 0 Å². The van der Waals surface area contributed by atoms with Crippen LogP contribution in [0.1, 0.15) is 31.9 Å². The molecule has 1 unspecified atom stereocenters. The van der Waals surface area contributed by atoms with Crippen LogP contribution in [0.3, 0.4) is 0 Å². The van der Waals surface area contributed by atoms with Crippen LogP contribution in [-0.4, -0.2) is 19.8 Å². The zero-order valence-electron chi connectivity index (χ0n) is 11.5. The van der Waals surface area contributed by atoms with E-state index in [0.29, 0.717) is 12.0 Å². The van der Waals surface area contributed by atoms with Gasteiger partial charge < -0.3 is 10.1 Å². The third-order valence-electron chi connectivity index (χ3n) is 3.15. The average molecular weight is 235 g/mol. The molecule has 0 aliphatic heterocycles. The first-order valence-electron chi connectivity index (χ1n) is 6.47. The highest BCUT2D eigenvalue weighted by atomic mass is 16.5. The van der Waals surface area contributed by atoms with E-state index in [9.17, 15) is 0 Å². The number of nitrogens with one attached hydrogen (secondary N) is 1. The van der Waals surface area contributed by atoms with Gasteiger partial charge in [0.1, 0.15) is 0 Å². The Morgan fingerprint density at radius 2 is 1.71 bits per heavy atom. The summed E-state index contributed by atoms with van der Waals surface area (Å²) in [5.74, 6) is 0.588. The van der Waals surface area contributed by atoms with Crippen LogP contribution < -0.4 is 5.32 Å².